The van der Waals surface area contributed by atoms with Gasteiger partial charge in [0, 0.05) is 5.56 Å². The van der Waals surface area contributed by atoms with Crippen LogP contribution in [0.15, 0.2) is 29.8 Å². The summed E-state index contributed by atoms with van der Waals surface area (Å²) in [5.41, 5.74) is 0.472. The summed E-state index contributed by atoms with van der Waals surface area (Å²) in [7, 11) is 0. The molecule has 0 saturated carbocycles. The van der Waals surface area contributed by atoms with Crippen LogP contribution in [0, 0.1) is 22.7 Å². The molecule has 0 radical (unpaired) electrons. The highest BCUT2D eigenvalue weighted by atomic mass is 16.5. The van der Waals surface area contributed by atoms with E-state index < -0.39 is 0 Å². The van der Waals surface area contributed by atoms with Crippen LogP contribution in [0.2, 0.25) is 0 Å². The summed E-state index contributed by atoms with van der Waals surface area (Å²) in [6.07, 6.45) is 1.36. The molecule has 1 aromatic rings. The van der Waals surface area contributed by atoms with Crippen molar-refractivity contribution in [1.29, 1.82) is 10.5 Å². The molecule has 72 valence electrons. The van der Waals surface area contributed by atoms with Gasteiger partial charge in [0.25, 0.3) is 6.47 Å². The lowest BCUT2D eigenvalue weighted by Crippen LogP contribution is -1.91. The molecule has 0 unspecified atom stereocenters. The first-order valence-corrected chi connectivity index (χ1v) is 4.03. The number of carbonyl (C=O) groups excluding carboxylic acids is 1. The summed E-state index contributed by atoms with van der Waals surface area (Å²) in [5.74, 6) is 0.315. The molecule has 15 heavy (non-hydrogen) atoms. The van der Waals surface area contributed by atoms with E-state index in [1.807, 2.05) is 0 Å². The van der Waals surface area contributed by atoms with E-state index in [9.17, 15) is 4.79 Å². The number of hydrogen-bond acceptors (Lipinski definition) is 4. The second-order valence-electron chi connectivity index (χ2n) is 2.53. The maximum atomic E-state index is 10.2. The SMILES string of the molecule is N#CC(C#N)=Cc1ccccc1OC=O. The van der Waals surface area contributed by atoms with Gasteiger partial charge in [0.15, 0.2) is 0 Å². The molecule has 0 aliphatic rings. The van der Waals surface area contributed by atoms with Crippen LogP contribution in [0.5, 0.6) is 5.75 Å². The van der Waals surface area contributed by atoms with E-state index in [1.165, 1.54) is 6.08 Å². The number of allylic oxidation sites excluding steroid dienone is 1. The zero-order valence-electron chi connectivity index (χ0n) is 7.68. The van der Waals surface area contributed by atoms with Crippen LogP contribution in [0.4, 0.5) is 0 Å². The lowest BCUT2D eigenvalue weighted by Gasteiger charge is -2.01. The van der Waals surface area contributed by atoms with Gasteiger partial charge in [-0.3, -0.25) is 4.79 Å². The molecule has 1 aromatic carbocycles. The molecular weight excluding hydrogens is 192 g/mol. The Balaban J connectivity index is 3.15. The molecule has 0 amide bonds. The highest BCUT2D eigenvalue weighted by molar-refractivity contribution is 5.67. The quantitative estimate of drug-likeness (QED) is 0.546. The lowest BCUT2D eigenvalue weighted by molar-refractivity contribution is -0.120. The van der Waals surface area contributed by atoms with Crippen LogP contribution < -0.4 is 4.74 Å². The average Bonchev–Trinajstić information content (AvgIpc) is 2.28. The first-order chi connectivity index (χ1) is 7.31. The molecule has 0 atom stereocenters. The zero-order chi connectivity index (χ0) is 11.1. The predicted octanol–water partition coefficient (Wildman–Crippen LogP) is 1.65. The van der Waals surface area contributed by atoms with Gasteiger partial charge in [0.05, 0.1) is 0 Å². The lowest BCUT2D eigenvalue weighted by atomic mass is 10.1. The molecule has 0 fully saturated rings. The Morgan fingerprint density at radius 1 is 1.27 bits per heavy atom. The first kappa shape index (κ1) is 10.5. The van der Waals surface area contributed by atoms with Crippen LogP contribution in [0.25, 0.3) is 6.08 Å². The summed E-state index contributed by atoms with van der Waals surface area (Å²) in [4.78, 5) is 10.2. The van der Waals surface area contributed by atoms with E-state index in [4.69, 9.17) is 10.5 Å². The number of carbonyl (C=O) groups is 1. The number of nitrogens with zero attached hydrogens (tertiary/aromatic N) is 2. The fourth-order valence-corrected chi connectivity index (χ4v) is 1.00. The van der Waals surface area contributed by atoms with E-state index in [0.29, 0.717) is 17.8 Å². The number of rotatable bonds is 3. The average molecular weight is 198 g/mol. The number of ether oxygens (including phenoxy) is 1. The molecular formula is C11H6N2O2. The Morgan fingerprint density at radius 2 is 1.93 bits per heavy atom. The van der Waals surface area contributed by atoms with Crippen LogP contribution in [-0.2, 0) is 4.79 Å². The molecule has 0 aliphatic heterocycles. The summed E-state index contributed by atoms with van der Waals surface area (Å²) >= 11 is 0. The van der Waals surface area contributed by atoms with Crippen LogP contribution >= 0.6 is 0 Å². The minimum Gasteiger partial charge on any atom is -0.428 e. The number of benzene rings is 1. The van der Waals surface area contributed by atoms with E-state index in [1.54, 1.807) is 36.4 Å². The third kappa shape index (κ3) is 2.68. The molecule has 0 N–H and O–H groups in total. The Hall–Kier alpha value is -2.59. The van der Waals surface area contributed by atoms with Crippen molar-refractivity contribution in [2.24, 2.45) is 0 Å². The van der Waals surface area contributed by atoms with E-state index in [0.717, 1.165) is 0 Å². The van der Waals surface area contributed by atoms with Gasteiger partial charge in [-0.1, -0.05) is 18.2 Å². The molecule has 4 nitrogen and oxygen atoms in total. The second-order valence-corrected chi connectivity index (χ2v) is 2.53. The van der Waals surface area contributed by atoms with Crippen LogP contribution in [0.1, 0.15) is 5.56 Å². The summed E-state index contributed by atoms with van der Waals surface area (Å²) in [5, 5.41) is 17.1. The normalized spacial score (nSPS) is 8.13. The van der Waals surface area contributed by atoms with Crippen molar-refractivity contribution in [2.75, 3.05) is 0 Å². The Labute approximate surface area is 86.6 Å². The highest BCUT2D eigenvalue weighted by Gasteiger charge is 2.01. The van der Waals surface area contributed by atoms with Crippen molar-refractivity contribution in [3.05, 3.63) is 35.4 Å². The zero-order valence-corrected chi connectivity index (χ0v) is 7.68. The monoisotopic (exact) mass is 198 g/mol. The molecule has 0 bridgehead atoms. The van der Waals surface area contributed by atoms with Crippen molar-refractivity contribution >= 4 is 12.5 Å². The fraction of sp³-hybridized carbons (Fsp3) is 0. The summed E-state index contributed by atoms with van der Waals surface area (Å²) < 4.78 is 4.68. The molecule has 0 spiro atoms. The van der Waals surface area contributed by atoms with Gasteiger partial charge in [0.2, 0.25) is 0 Å². The summed E-state index contributed by atoms with van der Waals surface area (Å²) in [6, 6.07) is 10.1. The standard InChI is InChI=1S/C11H6N2O2/c12-6-9(7-13)5-10-3-1-2-4-11(10)15-8-14/h1-5,8H. The van der Waals surface area contributed by atoms with E-state index >= 15 is 0 Å². The Morgan fingerprint density at radius 3 is 2.53 bits per heavy atom. The number of hydrogen-bond donors (Lipinski definition) is 0. The molecule has 1 rings (SSSR count). The maximum Gasteiger partial charge on any atom is 0.298 e. The van der Waals surface area contributed by atoms with E-state index in [2.05, 4.69) is 4.74 Å². The third-order valence-electron chi connectivity index (χ3n) is 1.63. The molecule has 0 aliphatic carbocycles. The van der Waals surface area contributed by atoms with Crippen molar-refractivity contribution in [3.63, 3.8) is 0 Å². The summed E-state index contributed by atoms with van der Waals surface area (Å²) in [6.45, 7) is 0.297. The molecule has 0 heterocycles. The highest BCUT2D eigenvalue weighted by Crippen LogP contribution is 2.19. The minimum atomic E-state index is -0.0445. The van der Waals surface area contributed by atoms with Gasteiger partial charge in [-0.05, 0) is 12.1 Å². The van der Waals surface area contributed by atoms with Gasteiger partial charge in [-0.25, -0.2) is 0 Å². The van der Waals surface area contributed by atoms with Gasteiger partial charge in [-0.2, -0.15) is 10.5 Å². The van der Waals surface area contributed by atoms with Crippen LogP contribution in [0.3, 0.4) is 0 Å². The largest absolute Gasteiger partial charge is 0.428 e. The van der Waals surface area contributed by atoms with Gasteiger partial charge in [-0.15, -0.1) is 0 Å². The molecule has 0 aromatic heterocycles. The van der Waals surface area contributed by atoms with Gasteiger partial charge >= 0.3 is 0 Å². The van der Waals surface area contributed by atoms with Crippen LogP contribution in [-0.4, -0.2) is 6.47 Å². The molecule has 4 heteroatoms. The first-order valence-electron chi connectivity index (χ1n) is 4.03. The van der Waals surface area contributed by atoms with Crippen molar-refractivity contribution in [1.82, 2.24) is 0 Å². The van der Waals surface area contributed by atoms with Crippen molar-refractivity contribution < 1.29 is 9.53 Å². The Bertz CT molecular complexity index is 462. The number of para-hydroxylation sites is 1. The Kier molecular flexibility index (Phi) is 3.64. The second kappa shape index (κ2) is 5.21. The predicted molar refractivity (Wildman–Crippen MR) is 52.3 cm³/mol. The van der Waals surface area contributed by atoms with E-state index in [-0.39, 0.29) is 5.57 Å². The van der Waals surface area contributed by atoms with Crippen molar-refractivity contribution in [3.8, 4) is 17.9 Å². The topological polar surface area (TPSA) is 73.9 Å². The smallest absolute Gasteiger partial charge is 0.298 e. The van der Waals surface area contributed by atoms with Crippen molar-refractivity contribution in [2.45, 2.75) is 0 Å². The maximum absolute atomic E-state index is 10.2. The van der Waals surface area contributed by atoms with Gasteiger partial charge < -0.3 is 4.74 Å². The van der Waals surface area contributed by atoms with Gasteiger partial charge in [0.1, 0.15) is 23.5 Å². The fourth-order valence-electron chi connectivity index (χ4n) is 1.00. The third-order valence-corrected chi connectivity index (χ3v) is 1.63. The molecule has 0 saturated heterocycles. The number of nitriles is 2. The minimum absolute atomic E-state index is 0.0445.